The molecule has 0 aliphatic heterocycles. The van der Waals surface area contributed by atoms with Crippen molar-refractivity contribution >= 4 is 40.1 Å². The summed E-state index contributed by atoms with van der Waals surface area (Å²) in [5, 5.41) is 1.28. The highest BCUT2D eigenvalue weighted by Crippen LogP contribution is 2.64. The van der Waals surface area contributed by atoms with Gasteiger partial charge in [-0.05, 0) is 75.0 Å². The van der Waals surface area contributed by atoms with Crippen molar-refractivity contribution in [2.75, 3.05) is 0 Å². The number of carbonyl (C=O) groups is 1. The average Bonchev–Trinajstić information content (AvgIpc) is 2.58. The van der Waals surface area contributed by atoms with Gasteiger partial charge >= 0.3 is 11.6 Å². The van der Waals surface area contributed by atoms with Crippen molar-refractivity contribution in [1.82, 2.24) is 0 Å². The summed E-state index contributed by atoms with van der Waals surface area (Å²) in [7, 11) is 0. The average molecular weight is 421 g/mol. The van der Waals surface area contributed by atoms with Crippen LogP contribution >= 0.6 is 23.2 Å². The number of rotatable bonds is 3. The number of hydrogen-bond donors (Lipinski definition) is 0. The topological polar surface area (TPSA) is 56.5 Å². The van der Waals surface area contributed by atoms with Gasteiger partial charge < -0.3 is 9.15 Å². The molecule has 0 radical (unpaired) electrons. The lowest BCUT2D eigenvalue weighted by Gasteiger charge is -2.58. The van der Waals surface area contributed by atoms with Crippen molar-refractivity contribution in [3.63, 3.8) is 0 Å². The Morgan fingerprint density at radius 1 is 1.21 bits per heavy atom. The fraction of sp³-hybridized carbons (Fsp3) is 0.545. The van der Waals surface area contributed by atoms with Gasteiger partial charge in [0.05, 0.1) is 5.41 Å². The summed E-state index contributed by atoms with van der Waals surface area (Å²) in [6, 6.07) is 4.88. The number of alkyl halides is 1. The van der Waals surface area contributed by atoms with Gasteiger partial charge in [0.2, 0.25) is 0 Å². The van der Waals surface area contributed by atoms with Crippen molar-refractivity contribution in [2.24, 2.45) is 17.3 Å². The molecule has 4 nitrogen and oxygen atoms in total. The molecule has 0 N–H and O–H groups in total. The Balaban J connectivity index is 1.42. The zero-order valence-electron chi connectivity index (χ0n) is 15.7. The lowest BCUT2D eigenvalue weighted by Crippen LogP contribution is -2.56. The van der Waals surface area contributed by atoms with Gasteiger partial charge in [-0.2, -0.15) is 0 Å². The van der Waals surface area contributed by atoms with E-state index in [1.54, 1.807) is 12.1 Å². The van der Waals surface area contributed by atoms with Crippen LogP contribution in [0, 0.1) is 24.2 Å². The Hall–Kier alpha value is -1.52. The van der Waals surface area contributed by atoms with Crippen molar-refractivity contribution in [3.8, 4) is 0 Å². The summed E-state index contributed by atoms with van der Waals surface area (Å²) in [6.45, 7) is 1.89. The quantitative estimate of drug-likeness (QED) is 0.380. The van der Waals surface area contributed by atoms with E-state index >= 15 is 0 Å². The Bertz CT molecular complexity index is 1030. The smallest absolute Gasteiger partial charge is 0.336 e. The van der Waals surface area contributed by atoms with E-state index < -0.39 is 11.0 Å². The molecule has 28 heavy (non-hydrogen) atoms. The Morgan fingerprint density at radius 2 is 1.93 bits per heavy atom. The predicted molar refractivity (Wildman–Crippen MR) is 108 cm³/mol. The molecule has 4 atom stereocenters. The Morgan fingerprint density at radius 3 is 2.61 bits per heavy atom. The molecule has 0 amide bonds. The third-order valence-corrected chi connectivity index (χ3v) is 7.74. The molecule has 1 aromatic carbocycles. The summed E-state index contributed by atoms with van der Waals surface area (Å²) < 4.78 is 11.1. The SMILES string of the molecule is Cc1cc2oc(=O)cc(COC(=O)C34C[C@@H]5C[C@@H](CC(Cl)(C5)C3)C4)c2cc1Cl. The minimum absolute atomic E-state index is 0.0344. The van der Waals surface area contributed by atoms with Crippen LogP contribution in [0.15, 0.2) is 27.4 Å². The van der Waals surface area contributed by atoms with E-state index in [9.17, 15) is 9.59 Å². The first-order valence-corrected chi connectivity index (χ1v) is 10.6. The zero-order valence-corrected chi connectivity index (χ0v) is 17.2. The lowest BCUT2D eigenvalue weighted by molar-refractivity contribution is -0.171. The molecule has 1 heterocycles. The fourth-order valence-electron chi connectivity index (χ4n) is 6.15. The van der Waals surface area contributed by atoms with Crippen LogP contribution in [0.1, 0.15) is 49.7 Å². The third kappa shape index (κ3) is 2.96. The number of esters is 1. The largest absolute Gasteiger partial charge is 0.460 e. The maximum Gasteiger partial charge on any atom is 0.336 e. The van der Waals surface area contributed by atoms with Crippen molar-refractivity contribution in [3.05, 3.63) is 44.8 Å². The number of fused-ring (bicyclic) bond motifs is 1. The van der Waals surface area contributed by atoms with Crippen LogP contribution in [0.5, 0.6) is 0 Å². The van der Waals surface area contributed by atoms with Gasteiger partial charge in [0, 0.05) is 26.9 Å². The maximum atomic E-state index is 13.1. The first-order chi connectivity index (χ1) is 13.3. The summed E-state index contributed by atoms with van der Waals surface area (Å²) >= 11 is 13.1. The van der Waals surface area contributed by atoms with E-state index in [1.807, 2.05) is 6.92 Å². The van der Waals surface area contributed by atoms with Crippen LogP contribution in [0.2, 0.25) is 5.02 Å². The van der Waals surface area contributed by atoms with Crippen molar-refractivity contribution < 1.29 is 13.9 Å². The van der Waals surface area contributed by atoms with Crippen molar-refractivity contribution in [1.29, 1.82) is 0 Å². The zero-order chi connectivity index (χ0) is 19.7. The van der Waals surface area contributed by atoms with E-state index in [2.05, 4.69) is 0 Å². The molecule has 4 saturated carbocycles. The first-order valence-electron chi connectivity index (χ1n) is 9.84. The molecule has 2 aromatic rings. The molecule has 148 valence electrons. The minimum Gasteiger partial charge on any atom is -0.460 e. The molecule has 0 saturated heterocycles. The molecule has 4 fully saturated rings. The fourth-order valence-corrected chi connectivity index (χ4v) is 7.01. The number of benzene rings is 1. The molecule has 2 unspecified atom stereocenters. The minimum atomic E-state index is -0.463. The number of aryl methyl sites for hydroxylation is 1. The van der Waals surface area contributed by atoms with E-state index in [-0.39, 0.29) is 17.5 Å². The van der Waals surface area contributed by atoms with Crippen LogP contribution in [-0.2, 0) is 16.1 Å². The van der Waals surface area contributed by atoms with Gasteiger partial charge in [0.1, 0.15) is 12.2 Å². The van der Waals surface area contributed by atoms with Gasteiger partial charge in [-0.15, -0.1) is 11.6 Å². The molecule has 6 heteroatoms. The second kappa shape index (κ2) is 6.24. The molecule has 0 spiro atoms. The monoisotopic (exact) mass is 420 g/mol. The summed E-state index contributed by atoms with van der Waals surface area (Å²) in [5.74, 6) is 0.876. The molecule has 4 bridgehead atoms. The number of carbonyl (C=O) groups excluding carboxylic acids is 1. The maximum absolute atomic E-state index is 13.1. The van der Waals surface area contributed by atoms with Crippen LogP contribution in [0.25, 0.3) is 11.0 Å². The highest BCUT2D eigenvalue weighted by atomic mass is 35.5. The third-order valence-electron chi connectivity index (χ3n) is 6.89. The molecular formula is C22H22Cl2O4. The highest BCUT2D eigenvalue weighted by Gasteiger charge is 2.60. The number of hydrogen-bond acceptors (Lipinski definition) is 4. The van der Waals surface area contributed by atoms with E-state index in [0.29, 0.717) is 39.8 Å². The number of halogens is 2. The normalized spacial score (nSPS) is 33.4. The molecule has 1 aromatic heterocycles. The molecule has 6 rings (SSSR count). The van der Waals surface area contributed by atoms with E-state index in [4.69, 9.17) is 32.4 Å². The van der Waals surface area contributed by atoms with Gasteiger partial charge in [0.15, 0.2) is 0 Å². The second-order valence-corrected chi connectivity index (χ2v) is 10.4. The standard InChI is InChI=1S/C22H22Cl2O4/c1-12-2-18-16(5-17(12)23)15(4-19(25)28-18)10-27-20(26)21-6-13-3-14(7-21)9-22(24,8-13)11-21/h2,4-5,13-14H,3,6-11H2,1H3/t13-,14+,21?,22?. The summed E-state index contributed by atoms with van der Waals surface area (Å²) in [4.78, 5) is 24.9. The summed E-state index contributed by atoms with van der Waals surface area (Å²) in [5.41, 5.74) is 0.971. The van der Waals surface area contributed by atoms with Gasteiger partial charge in [0.25, 0.3) is 0 Å². The lowest BCUT2D eigenvalue weighted by atomic mass is 9.49. The first kappa shape index (κ1) is 18.5. The van der Waals surface area contributed by atoms with Crippen LogP contribution in [0.4, 0.5) is 0 Å². The van der Waals surface area contributed by atoms with Crippen LogP contribution in [0.3, 0.4) is 0 Å². The van der Waals surface area contributed by atoms with Crippen LogP contribution < -0.4 is 5.63 Å². The Labute approximate surface area is 173 Å². The molecule has 4 aliphatic rings. The predicted octanol–water partition coefficient (Wildman–Crippen LogP) is 5.38. The van der Waals surface area contributed by atoms with Gasteiger partial charge in [-0.3, -0.25) is 4.79 Å². The van der Waals surface area contributed by atoms with E-state index in [0.717, 1.165) is 31.2 Å². The van der Waals surface area contributed by atoms with E-state index in [1.165, 1.54) is 12.5 Å². The summed E-state index contributed by atoms with van der Waals surface area (Å²) in [6.07, 6.45) is 5.67. The number of ether oxygens (including phenoxy) is 1. The molecule has 4 aliphatic carbocycles. The van der Waals surface area contributed by atoms with Gasteiger partial charge in [-0.1, -0.05) is 11.6 Å². The van der Waals surface area contributed by atoms with Crippen LogP contribution in [-0.4, -0.2) is 10.8 Å². The second-order valence-electron chi connectivity index (χ2n) is 9.16. The van der Waals surface area contributed by atoms with Gasteiger partial charge in [-0.25, -0.2) is 4.79 Å². The van der Waals surface area contributed by atoms with Crippen molar-refractivity contribution in [2.45, 2.75) is 56.9 Å². The Kier molecular flexibility index (Phi) is 4.12. The molecular weight excluding hydrogens is 399 g/mol. The highest BCUT2D eigenvalue weighted by molar-refractivity contribution is 6.32.